The van der Waals surface area contributed by atoms with E-state index in [4.69, 9.17) is 11.6 Å². The van der Waals surface area contributed by atoms with Gasteiger partial charge in [0, 0.05) is 27.2 Å². The van der Waals surface area contributed by atoms with Crippen molar-refractivity contribution in [2.75, 3.05) is 10.6 Å². The Morgan fingerprint density at radius 1 is 0.939 bits per heavy atom. The number of rotatable bonds is 8. The molecule has 0 spiro atoms. The summed E-state index contributed by atoms with van der Waals surface area (Å²) in [4.78, 5) is 30.4. The Balaban J connectivity index is 1.42. The zero-order valence-corrected chi connectivity index (χ0v) is 19.8. The van der Waals surface area contributed by atoms with Gasteiger partial charge >= 0.3 is 0 Å². The van der Waals surface area contributed by atoms with Crippen molar-refractivity contribution in [3.05, 3.63) is 107 Å². The molecule has 0 saturated heterocycles. The second-order valence-corrected chi connectivity index (χ2v) is 9.62. The molecule has 0 saturated carbocycles. The predicted octanol–water partition coefficient (Wildman–Crippen LogP) is 6.45. The first-order valence-corrected chi connectivity index (χ1v) is 12.3. The van der Waals surface area contributed by atoms with Crippen LogP contribution >= 0.6 is 34.7 Å². The molecule has 5 nitrogen and oxygen atoms in total. The van der Waals surface area contributed by atoms with Gasteiger partial charge in [0.25, 0.3) is 0 Å². The van der Waals surface area contributed by atoms with Crippen molar-refractivity contribution >= 4 is 57.3 Å². The molecule has 0 aliphatic carbocycles. The minimum absolute atomic E-state index is 0.109. The molecular formula is C25H20ClN3O2S2. The third-order valence-corrected chi connectivity index (χ3v) is 6.88. The molecule has 2 amide bonds. The van der Waals surface area contributed by atoms with Gasteiger partial charge < -0.3 is 10.6 Å². The summed E-state index contributed by atoms with van der Waals surface area (Å²) in [5, 5.41) is 8.38. The Hall–Kier alpha value is -3.13. The summed E-state index contributed by atoms with van der Waals surface area (Å²) >= 11 is 8.72. The Kier molecular flexibility index (Phi) is 7.78. The van der Waals surface area contributed by atoms with Crippen LogP contribution in [-0.2, 0) is 16.0 Å². The molecular weight excluding hydrogens is 474 g/mol. The molecule has 3 aromatic carbocycles. The molecule has 166 valence electrons. The largest absolute Gasteiger partial charge is 0.326 e. The standard InChI is InChI=1S/C25H20ClN3O2S2/c26-19-8-6-17(7-9-19)16-22(30)28-20-10-12-21(13-11-20)33-23(18-4-2-1-3-5-18)24(31)29-25-27-14-15-32-25/h1-15,23H,16H2,(H,28,30)(H,27,29,31). The molecule has 0 aliphatic heterocycles. The molecule has 0 bridgehead atoms. The van der Waals surface area contributed by atoms with E-state index in [-0.39, 0.29) is 18.2 Å². The average Bonchev–Trinajstić information content (AvgIpc) is 3.33. The van der Waals surface area contributed by atoms with E-state index in [2.05, 4.69) is 15.6 Å². The van der Waals surface area contributed by atoms with Gasteiger partial charge in [-0.05, 0) is 47.5 Å². The normalized spacial score (nSPS) is 11.5. The first kappa shape index (κ1) is 23.0. The molecule has 8 heteroatoms. The zero-order chi connectivity index (χ0) is 23.0. The molecule has 4 aromatic rings. The predicted molar refractivity (Wildman–Crippen MR) is 136 cm³/mol. The number of carbonyl (C=O) groups is 2. The fourth-order valence-electron chi connectivity index (χ4n) is 3.10. The van der Waals surface area contributed by atoms with E-state index >= 15 is 0 Å². The number of nitrogens with zero attached hydrogens (tertiary/aromatic N) is 1. The van der Waals surface area contributed by atoms with Crippen LogP contribution in [-0.4, -0.2) is 16.8 Å². The van der Waals surface area contributed by atoms with Gasteiger partial charge in [-0.15, -0.1) is 23.1 Å². The highest BCUT2D eigenvalue weighted by Gasteiger charge is 2.23. The van der Waals surface area contributed by atoms with Crippen molar-refractivity contribution in [3.8, 4) is 0 Å². The lowest BCUT2D eigenvalue weighted by Gasteiger charge is -2.16. The van der Waals surface area contributed by atoms with Crippen LogP contribution in [0, 0.1) is 0 Å². The van der Waals surface area contributed by atoms with Crippen LogP contribution in [0.1, 0.15) is 16.4 Å². The van der Waals surface area contributed by atoms with E-state index in [0.717, 1.165) is 16.0 Å². The first-order chi connectivity index (χ1) is 16.1. The quantitative estimate of drug-likeness (QED) is 0.277. The van der Waals surface area contributed by atoms with Crippen molar-refractivity contribution < 1.29 is 9.59 Å². The summed E-state index contributed by atoms with van der Waals surface area (Å²) < 4.78 is 0. The molecule has 33 heavy (non-hydrogen) atoms. The van der Waals surface area contributed by atoms with Crippen LogP contribution in [0.15, 0.2) is 95.3 Å². The first-order valence-electron chi connectivity index (χ1n) is 10.1. The van der Waals surface area contributed by atoms with Gasteiger partial charge in [0.05, 0.1) is 6.42 Å². The number of hydrogen-bond donors (Lipinski definition) is 2. The number of anilines is 2. The van der Waals surface area contributed by atoms with Gasteiger partial charge in [0.1, 0.15) is 5.25 Å². The van der Waals surface area contributed by atoms with Crippen LogP contribution < -0.4 is 10.6 Å². The molecule has 1 aromatic heterocycles. The van der Waals surface area contributed by atoms with E-state index in [9.17, 15) is 9.59 Å². The van der Waals surface area contributed by atoms with Gasteiger partial charge in [-0.1, -0.05) is 54.1 Å². The van der Waals surface area contributed by atoms with Gasteiger partial charge in [0.15, 0.2) is 5.13 Å². The summed E-state index contributed by atoms with van der Waals surface area (Å²) in [7, 11) is 0. The topological polar surface area (TPSA) is 71.1 Å². The summed E-state index contributed by atoms with van der Waals surface area (Å²) in [6, 6.07) is 24.3. The molecule has 2 N–H and O–H groups in total. The molecule has 0 radical (unpaired) electrons. The van der Waals surface area contributed by atoms with Crippen molar-refractivity contribution in [1.29, 1.82) is 0 Å². The molecule has 1 atom stereocenters. The van der Waals surface area contributed by atoms with E-state index in [1.165, 1.54) is 23.1 Å². The summed E-state index contributed by atoms with van der Waals surface area (Å²) in [6.45, 7) is 0. The lowest BCUT2D eigenvalue weighted by Crippen LogP contribution is -2.18. The maximum absolute atomic E-state index is 13.0. The van der Waals surface area contributed by atoms with Gasteiger partial charge in [-0.25, -0.2) is 4.98 Å². The summed E-state index contributed by atoms with van der Waals surface area (Å²) in [6.07, 6.45) is 1.92. The van der Waals surface area contributed by atoms with Crippen molar-refractivity contribution in [1.82, 2.24) is 4.98 Å². The highest BCUT2D eigenvalue weighted by atomic mass is 35.5. The number of amides is 2. The summed E-state index contributed by atoms with van der Waals surface area (Å²) in [5.41, 5.74) is 2.49. The van der Waals surface area contributed by atoms with Crippen LogP contribution in [0.25, 0.3) is 0 Å². The third-order valence-electron chi connectivity index (χ3n) is 4.67. The number of aromatic nitrogens is 1. The van der Waals surface area contributed by atoms with E-state index in [0.29, 0.717) is 15.8 Å². The number of hydrogen-bond acceptors (Lipinski definition) is 5. The average molecular weight is 494 g/mol. The fraction of sp³-hybridized carbons (Fsp3) is 0.0800. The van der Waals surface area contributed by atoms with E-state index in [1.54, 1.807) is 18.3 Å². The highest BCUT2D eigenvalue weighted by molar-refractivity contribution is 8.00. The molecule has 1 unspecified atom stereocenters. The van der Waals surface area contributed by atoms with Crippen molar-refractivity contribution in [3.63, 3.8) is 0 Å². The third kappa shape index (κ3) is 6.68. The SMILES string of the molecule is O=C(Cc1ccc(Cl)cc1)Nc1ccc(SC(C(=O)Nc2nccs2)c2ccccc2)cc1. The van der Waals surface area contributed by atoms with Crippen molar-refractivity contribution in [2.24, 2.45) is 0 Å². The number of benzene rings is 3. The monoisotopic (exact) mass is 493 g/mol. The van der Waals surface area contributed by atoms with Gasteiger partial charge in [0.2, 0.25) is 11.8 Å². The van der Waals surface area contributed by atoms with Crippen LogP contribution in [0.3, 0.4) is 0 Å². The molecule has 1 heterocycles. The van der Waals surface area contributed by atoms with Crippen molar-refractivity contribution in [2.45, 2.75) is 16.6 Å². The number of carbonyl (C=O) groups excluding carboxylic acids is 2. The number of thiazole rings is 1. The summed E-state index contributed by atoms with van der Waals surface area (Å²) in [5.74, 6) is -0.246. The Morgan fingerprint density at radius 2 is 1.67 bits per heavy atom. The molecule has 0 fully saturated rings. The van der Waals surface area contributed by atoms with Crippen LogP contribution in [0.4, 0.5) is 10.8 Å². The van der Waals surface area contributed by atoms with Gasteiger partial charge in [-0.2, -0.15) is 0 Å². The Bertz CT molecular complexity index is 1200. The minimum atomic E-state index is -0.444. The fourth-order valence-corrected chi connectivity index (χ4v) is 4.79. The lowest BCUT2D eigenvalue weighted by molar-refractivity contribution is -0.116. The number of halogens is 1. The second-order valence-electron chi connectivity index (χ2n) is 7.11. The molecule has 4 rings (SSSR count). The maximum Gasteiger partial charge on any atom is 0.244 e. The van der Waals surface area contributed by atoms with E-state index in [1.807, 2.05) is 72.1 Å². The zero-order valence-electron chi connectivity index (χ0n) is 17.4. The highest BCUT2D eigenvalue weighted by Crippen LogP contribution is 2.36. The smallest absolute Gasteiger partial charge is 0.244 e. The Morgan fingerprint density at radius 3 is 2.33 bits per heavy atom. The number of thioether (sulfide) groups is 1. The molecule has 0 aliphatic rings. The number of nitrogens with one attached hydrogen (secondary N) is 2. The van der Waals surface area contributed by atoms with Crippen LogP contribution in [0.5, 0.6) is 0 Å². The second kappa shape index (κ2) is 11.1. The minimum Gasteiger partial charge on any atom is -0.326 e. The van der Waals surface area contributed by atoms with Crippen LogP contribution in [0.2, 0.25) is 5.02 Å². The van der Waals surface area contributed by atoms with E-state index < -0.39 is 5.25 Å². The Labute approximate surface area is 205 Å². The van der Waals surface area contributed by atoms with Gasteiger partial charge in [-0.3, -0.25) is 9.59 Å². The maximum atomic E-state index is 13.0. The lowest BCUT2D eigenvalue weighted by atomic mass is 10.1.